The average molecular weight is 450 g/mol. The molecule has 174 valence electrons. The van der Waals surface area contributed by atoms with E-state index in [2.05, 4.69) is 119 Å². The SMILES string of the molecule is Cc1cc(C)c(NCc2cccc(-c3ccccc3CNc3c(C)cc(C)cc3C)n2)c(C)c1. The van der Waals surface area contributed by atoms with Gasteiger partial charge in [0.1, 0.15) is 0 Å². The molecule has 3 nitrogen and oxygen atoms in total. The molecule has 0 aliphatic carbocycles. The second kappa shape index (κ2) is 10.1. The van der Waals surface area contributed by atoms with Gasteiger partial charge in [-0.05, 0) is 81.5 Å². The Morgan fingerprint density at radius 1 is 0.588 bits per heavy atom. The molecule has 4 aromatic rings. The summed E-state index contributed by atoms with van der Waals surface area (Å²) in [5.41, 5.74) is 14.6. The van der Waals surface area contributed by atoms with Crippen LogP contribution in [-0.2, 0) is 13.1 Å². The highest BCUT2D eigenvalue weighted by Crippen LogP contribution is 2.27. The molecule has 0 fully saturated rings. The molecule has 0 aliphatic rings. The maximum Gasteiger partial charge on any atom is 0.0709 e. The monoisotopic (exact) mass is 449 g/mol. The third kappa shape index (κ3) is 5.31. The number of aromatic nitrogens is 1. The molecule has 4 rings (SSSR count). The van der Waals surface area contributed by atoms with Crippen molar-refractivity contribution in [2.45, 2.75) is 54.6 Å². The smallest absolute Gasteiger partial charge is 0.0709 e. The van der Waals surface area contributed by atoms with Crippen molar-refractivity contribution in [3.8, 4) is 11.3 Å². The van der Waals surface area contributed by atoms with Crippen molar-refractivity contribution in [2.75, 3.05) is 10.6 Å². The number of pyridine rings is 1. The third-order valence-electron chi connectivity index (χ3n) is 6.36. The van der Waals surface area contributed by atoms with Crippen LogP contribution in [0, 0.1) is 41.5 Å². The first kappa shape index (κ1) is 23.6. The molecule has 1 aromatic heterocycles. The molecule has 0 saturated heterocycles. The molecule has 0 amide bonds. The summed E-state index contributed by atoms with van der Waals surface area (Å²) in [5, 5.41) is 7.28. The molecule has 3 heteroatoms. The van der Waals surface area contributed by atoms with Crippen molar-refractivity contribution < 1.29 is 0 Å². The molecule has 0 atom stereocenters. The van der Waals surface area contributed by atoms with Crippen LogP contribution in [0.25, 0.3) is 11.3 Å². The van der Waals surface area contributed by atoms with Gasteiger partial charge in [0.2, 0.25) is 0 Å². The van der Waals surface area contributed by atoms with Gasteiger partial charge in [-0.1, -0.05) is 65.7 Å². The maximum absolute atomic E-state index is 5.01. The molecule has 0 bridgehead atoms. The Hall–Kier alpha value is -3.59. The second-order valence-corrected chi connectivity index (χ2v) is 9.43. The van der Waals surface area contributed by atoms with Gasteiger partial charge in [-0.3, -0.25) is 4.98 Å². The van der Waals surface area contributed by atoms with Gasteiger partial charge < -0.3 is 10.6 Å². The highest BCUT2D eigenvalue weighted by molar-refractivity contribution is 5.66. The molecule has 34 heavy (non-hydrogen) atoms. The van der Waals surface area contributed by atoms with Crippen molar-refractivity contribution in [1.29, 1.82) is 0 Å². The minimum Gasteiger partial charge on any atom is -0.381 e. The first-order valence-corrected chi connectivity index (χ1v) is 12.0. The van der Waals surface area contributed by atoms with Crippen LogP contribution in [0.2, 0.25) is 0 Å². The fraction of sp³-hybridized carbons (Fsp3) is 0.258. The van der Waals surface area contributed by atoms with Crippen molar-refractivity contribution >= 4 is 11.4 Å². The summed E-state index contributed by atoms with van der Waals surface area (Å²) in [6.45, 7) is 14.4. The van der Waals surface area contributed by atoms with E-state index in [0.717, 1.165) is 17.9 Å². The fourth-order valence-electron chi connectivity index (χ4n) is 4.93. The van der Waals surface area contributed by atoms with Gasteiger partial charge in [-0.25, -0.2) is 0 Å². The van der Waals surface area contributed by atoms with Gasteiger partial charge in [0.05, 0.1) is 17.9 Å². The van der Waals surface area contributed by atoms with Crippen LogP contribution in [-0.4, -0.2) is 4.98 Å². The zero-order valence-corrected chi connectivity index (χ0v) is 21.2. The highest BCUT2D eigenvalue weighted by Gasteiger charge is 2.10. The van der Waals surface area contributed by atoms with Crippen LogP contribution in [0.1, 0.15) is 44.6 Å². The number of aryl methyl sites for hydroxylation is 6. The van der Waals surface area contributed by atoms with Crippen LogP contribution in [0.4, 0.5) is 11.4 Å². The number of anilines is 2. The quantitative estimate of drug-likeness (QED) is 0.302. The van der Waals surface area contributed by atoms with E-state index in [1.54, 1.807) is 0 Å². The lowest BCUT2D eigenvalue weighted by molar-refractivity contribution is 1.04. The summed E-state index contributed by atoms with van der Waals surface area (Å²) in [7, 11) is 0. The Morgan fingerprint density at radius 2 is 1.12 bits per heavy atom. The van der Waals surface area contributed by atoms with Crippen molar-refractivity contribution in [2.24, 2.45) is 0 Å². The van der Waals surface area contributed by atoms with Crippen LogP contribution < -0.4 is 10.6 Å². The predicted molar refractivity (Wildman–Crippen MR) is 146 cm³/mol. The fourth-order valence-corrected chi connectivity index (χ4v) is 4.93. The van der Waals surface area contributed by atoms with E-state index in [0.29, 0.717) is 6.54 Å². The van der Waals surface area contributed by atoms with Crippen LogP contribution in [0.5, 0.6) is 0 Å². The molecule has 0 saturated carbocycles. The summed E-state index contributed by atoms with van der Waals surface area (Å²) in [5.74, 6) is 0. The first-order chi connectivity index (χ1) is 16.3. The lowest BCUT2D eigenvalue weighted by Crippen LogP contribution is -2.07. The van der Waals surface area contributed by atoms with Gasteiger partial charge in [-0.2, -0.15) is 0 Å². The lowest BCUT2D eigenvalue weighted by Gasteiger charge is -2.16. The molecular formula is C31H35N3. The normalized spacial score (nSPS) is 10.9. The average Bonchev–Trinajstić information content (AvgIpc) is 2.78. The summed E-state index contributed by atoms with van der Waals surface area (Å²) in [6.07, 6.45) is 0. The number of nitrogens with zero attached hydrogens (tertiary/aromatic N) is 1. The Bertz CT molecular complexity index is 1270. The molecular weight excluding hydrogens is 414 g/mol. The Labute approximate surface area is 204 Å². The Balaban J connectivity index is 1.54. The lowest BCUT2D eigenvalue weighted by atomic mass is 10.0. The molecule has 2 N–H and O–H groups in total. The summed E-state index contributed by atoms with van der Waals surface area (Å²) >= 11 is 0. The molecule has 0 radical (unpaired) electrons. The van der Waals surface area contributed by atoms with Gasteiger partial charge in [0.15, 0.2) is 0 Å². The van der Waals surface area contributed by atoms with E-state index in [1.807, 2.05) is 0 Å². The van der Waals surface area contributed by atoms with Crippen molar-refractivity contribution in [3.05, 3.63) is 111 Å². The summed E-state index contributed by atoms with van der Waals surface area (Å²) < 4.78 is 0. The number of benzene rings is 3. The number of rotatable bonds is 7. The van der Waals surface area contributed by atoms with Gasteiger partial charge in [0.25, 0.3) is 0 Å². The molecule has 0 unspecified atom stereocenters. The zero-order valence-electron chi connectivity index (χ0n) is 21.2. The van der Waals surface area contributed by atoms with E-state index >= 15 is 0 Å². The minimum absolute atomic E-state index is 0.695. The topological polar surface area (TPSA) is 37.0 Å². The molecule has 0 spiro atoms. The number of nitrogens with one attached hydrogen (secondary N) is 2. The Morgan fingerprint density at radius 3 is 1.71 bits per heavy atom. The minimum atomic E-state index is 0.695. The van der Waals surface area contributed by atoms with Crippen LogP contribution in [0.3, 0.4) is 0 Å². The van der Waals surface area contributed by atoms with Crippen molar-refractivity contribution in [3.63, 3.8) is 0 Å². The van der Waals surface area contributed by atoms with E-state index in [1.165, 1.54) is 55.9 Å². The standard InChI is InChI=1S/C31H35N3/c1-20-14-22(3)30(23(4)15-20)32-18-26-10-7-8-12-28(26)29-13-9-11-27(34-29)19-33-31-24(5)16-21(2)17-25(31)6/h7-17,32-33H,18-19H2,1-6H3. The van der Waals surface area contributed by atoms with Crippen LogP contribution in [0.15, 0.2) is 66.7 Å². The third-order valence-corrected chi connectivity index (χ3v) is 6.36. The summed E-state index contributed by atoms with van der Waals surface area (Å²) in [4.78, 5) is 5.01. The highest BCUT2D eigenvalue weighted by atomic mass is 14.9. The Kier molecular flexibility index (Phi) is 7.02. The number of hydrogen-bond acceptors (Lipinski definition) is 3. The van der Waals surface area contributed by atoms with E-state index in [-0.39, 0.29) is 0 Å². The molecule has 1 heterocycles. The predicted octanol–water partition coefficient (Wildman–Crippen LogP) is 7.82. The zero-order chi connectivity index (χ0) is 24.2. The van der Waals surface area contributed by atoms with Crippen LogP contribution >= 0.6 is 0 Å². The van der Waals surface area contributed by atoms with E-state index in [4.69, 9.17) is 4.98 Å². The molecule has 3 aromatic carbocycles. The first-order valence-electron chi connectivity index (χ1n) is 12.0. The maximum atomic E-state index is 5.01. The van der Waals surface area contributed by atoms with Gasteiger partial charge in [-0.15, -0.1) is 0 Å². The van der Waals surface area contributed by atoms with E-state index < -0.39 is 0 Å². The largest absolute Gasteiger partial charge is 0.381 e. The van der Waals surface area contributed by atoms with Gasteiger partial charge >= 0.3 is 0 Å². The number of hydrogen-bond donors (Lipinski definition) is 2. The van der Waals surface area contributed by atoms with Gasteiger partial charge in [0, 0.05) is 23.5 Å². The second-order valence-electron chi connectivity index (χ2n) is 9.43. The van der Waals surface area contributed by atoms with Crippen molar-refractivity contribution in [1.82, 2.24) is 4.98 Å². The van der Waals surface area contributed by atoms with E-state index in [9.17, 15) is 0 Å². The summed E-state index contributed by atoms with van der Waals surface area (Å²) in [6, 6.07) is 23.8. The molecule has 0 aliphatic heterocycles.